The Bertz CT molecular complexity index is 422. The average molecular weight is 265 g/mol. The maximum absolute atomic E-state index is 13.2. The van der Waals surface area contributed by atoms with Crippen molar-refractivity contribution in [1.82, 2.24) is 5.32 Å². The van der Waals surface area contributed by atoms with Crippen molar-refractivity contribution >= 4 is 0 Å². The van der Waals surface area contributed by atoms with Crippen molar-refractivity contribution < 1.29 is 8.78 Å². The highest BCUT2D eigenvalue weighted by Gasteiger charge is 2.29. The molecule has 0 heterocycles. The minimum Gasteiger partial charge on any atom is -0.314 e. The minimum absolute atomic E-state index is 0.458. The summed E-state index contributed by atoms with van der Waals surface area (Å²) >= 11 is 0. The van der Waals surface area contributed by atoms with Gasteiger partial charge in [0.1, 0.15) is 11.6 Å². The summed E-state index contributed by atoms with van der Waals surface area (Å²) in [6.07, 6.45) is 7.13. The molecule has 0 bridgehead atoms. The molecule has 19 heavy (non-hydrogen) atoms. The van der Waals surface area contributed by atoms with E-state index in [0.29, 0.717) is 11.8 Å². The summed E-state index contributed by atoms with van der Waals surface area (Å²) in [5, 5.41) is 3.59. The lowest BCUT2D eigenvalue weighted by Crippen LogP contribution is -2.27. The average Bonchev–Trinajstić information content (AvgIpc) is 3.07. The van der Waals surface area contributed by atoms with Gasteiger partial charge in [0.05, 0.1) is 0 Å². The Morgan fingerprint density at radius 2 is 1.63 bits per heavy atom. The van der Waals surface area contributed by atoms with Gasteiger partial charge in [0.2, 0.25) is 0 Å². The SMILES string of the molecule is Fc1cc(F)cc(CC2CCCC2CNC2CC2)c1. The van der Waals surface area contributed by atoms with Gasteiger partial charge in [-0.3, -0.25) is 0 Å². The number of rotatable bonds is 5. The molecule has 1 aromatic carbocycles. The Balaban J connectivity index is 1.60. The predicted octanol–water partition coefficient (Wildman–Crippen LogP) is 3.68. The van der Waals surface area contributed by atoms with E-state index in [4.69, 9.17) is 0 Å². The molecule has 0 saturated heterocycles. The first-order valence-corrected chi connectivity index (χ1v) is 7.39. The second-order valence-corrected chi connectivity index (χ2v) is 6.12. The van der Waals surface area contributed by atoms with Crippen LogP contribution in [-0.4, -0.2) is 12.6 Å². The maximum Gasteiger partial charge on any atom is 0.126 e. The Hall–Kier alpha value is -0.960. The van der Waals surface area contributed by atoms with Gasteiger partial charge in [-0.1, -0.05) is 6.42 Å². The molecule has 3 heteroatoms. The Morgan fingerprint density at radius 3 is 2.32 bits per heavy atom. The van der Waals surface area contributed by atoms with E-state index in [9.17, 15) is 8.78 Å². The van der Waals surface area contributed by atoms with Crippen molar-refractivity contribution in [3.8, 4) is 0 Å². The van der Waals surface area contributed by atoms with E-state index in [-0.39, 0.29) is 0 Å². The monoisotopic (exact) mass is 265 g/mol. The molecule has 1 N–H and O–H groups in total. The van der Waals surface area contributed by atoms with E-state index in [1.807, 2.05) is 0 Å². The predicted molar refractivity (Wildman–Crippen MR) is 71.9 cm³/mol. The lowest BCUT2D eigenvalue weighted by Gasteiger charge is -2.20. The van der Waals surface area contributed by atoms with Gasteiger partial charge in [-0.15, -0.1) is 0 Å². The van der Waals surface area contributed by atoms with Crippen molar-refractivity contribution in [2.24, 2.45) is 11.8 Å². The summed E-state index contributed by atoms with van der Waals surface area (Å²) in [5.41, 5.74) is 0.806. The topological polar surface area (TPSA) is 12.0 Å². The highest BCUT2D eigenvalue weighted by molar-refractivity contribution is 5.18. The molecule has 3 rings (SSSR count). The first-order valence-electron chi connectivity index (χ1n) is 7.39. The number of hydrogen-bond donors (Lipinski definition) is 1. The standard InChI is InChI=1S/C16H21F2N/c17-14-7-11(8-15(18)9-14)6-12-2-1-3-13(12)10-19-16-4-5-16/h7-9,12-13,16,19H,1-6,10H2. The Labute approximate surface area is 113 Å². The van der Waals surface area contributed by atoms with Gasteiger partial charge in [-0.2, -0.15) is 0 Å². The highest BCUT2D eigenvalue weighted by Crippen LogP contribution is 2.34. The zero-order valence-corrected chi connectivity index (χ0v) is 11.2. The molecule has 2 aliphatic rings. The Morgan fingerprint density at radius 1 is 0.947 bits per heavy atom. The summed E-state index contributed by atoms with van der Waals surface area (Å²) in [5.74, 6) is 0.334. The summed E-state index contributed by atoms with van der Waals surface area (Å²) in [6, 6.07) is 4.65. The van der Waals surface area contributed by atoms with Crippen LogP contribution in [0.15, 0.2) is 18.2 Å². The maximum atomic E-state index is 13.2. The molecule has 2 saturated carbocycles. The molecular weight excluding hydrogens is 244 g/mol. The number of benzene rings is 1. The van der Waals surface area contributed by atoms with Crippen molar-refractivity contribution in [2.75, 3.05) is 6.54 Å². The van der Waals surface area contributed by atoms with E-state index < -0.39 is 11.6 Å². The van der Waals surface area contributed by atoms with Crippen LogP contribution < -0.4 is 5.32 Å². The van der Waals surface area contributed by atoms with Crippen molar-refractivity contribution in [2.45, 2.75) is 44.6 Å². The minimum atomic E-state index is -0.458. The van der Waals surface area contributed by atoms with Crippen LogP contribution >= 0.6 is 0 Å². The second kappa shape index (κ2) is 5.58. The third-order valence-electron chi connectivity index (χ3n) is 4.48. The summed E-state index contributed by atoms with van der Waals surface area (Å²) in [6.45, 7) is 1.08. The molecule has 2 aliphatic carbocycles. The molecule has 2 fully saturated rings. The lowest BCUT2D eigenvalue weighted by molar-refractivity contribution is 0.363. The zero-order chi connectivity index (χ0) is 13.2. The van der Waals surface area contributed by atoms with E-state index in [2.05, 4.69) is 5.32 Å². The third kappa shape index (κ3) is 3.53. The van der Waals surface area contributed by atoms with Crippen molar-refractivity contribution in [3.63, 3.8) is 0 Å². The fourth-order valence-corrected chi connectivity index (χ4v) is 3.29. The fourth-order valence-electron chi connectivity index (χ4n) is 3.29. The van der Waals surface area contributed by atoms with Gasteiger partial charge in [0, 0.05) is 12.1 Å². The first kappa shape index (κ1) is 13.0. The summed E-state index contributed by atoms with van der Waals surface area (Å²) in [4.78, 5) is 0. The molecule has 2 atom stereocenters. The molecule has 0 amide bonds. The van der Waals surface area contributed by atoms with Crippen LogP contribution in [0.2, 0.25) is 0 Å². The highest BCUT2D eigenvalue weighted by atomic mass is 19.1. The van der Waals surface area contributed by atoms with Crippen LogP contribution in [0, 0.1) is 23.5 Å². The third-order valence-corrected chi connectivity index (χ3v) is 4.48. The van der Waals surface area contributed by atoms with Gasteiger partial charge in [-0.25, -0.2) is 8.78 Å². The number of hydrogen-bond acceptors (Lipinski definition) is 1. The van der Waals surface area contributed by atoms with E-state index in [1.165, 1.54) is 44.2 Å². The smallest absolute Gasteiger partial charge is 0.126 e. The molecule has 104 valence electrons. The van der Waals surface area contributed by atoms with Gasteiger partial charge in [0.15, 0.2) is 0 Å². The molecule has 2 unspecified atom stereocenters. The van der Waals surface area contributed by atoms with Gasteiger partial charge in [0.25, 0.3) is 0 Å². The lowest BCUT2D eigenvalue weighted by atomic mass is 9.89. The number of halogens is 2. The van der Waals surface area contributed by atoms with Gasteiger partial charge < -0.3 is 5.32 Å². The van der Waals surface area contributed by atoms with Crippen molar-refractivity contribution in [1.29, 1.82) is 0 Å². The Kier molecular flexibility index (Phi) is 3.83. The quantitative estimate of drug-likeness (QED) is 0.856. The molecule has 1 aromatic rings. The number of nitrogens with one attached hydrogen (secondary N) is 1. The van der Waals surface area contributed by atoms with Crippen LogP contribution in [0.4, 0.5) is 8.78 Å². The molecule has 1 nitrogen and oxygen atoms in total. The molecule has 0 aromatic heterocycles. The van der Waals surface area contributed by atoms with Crippen LogP contribution in [0.1, 0.15) is 37.7 Å². The molecule has 0 aliphatic heterocycles. The van der Waals surface area contributed by atoms with E-state index in [1.54, 1.807) is 0 Å². The largest absolute Gasteiger partial charge is 0.314 e. The van der Waals surface area contributed by atoms with Crippen molar-refractivity contribution in [3.05, 3.63) is 35.4 Å². The molecule has 0 spiro atoms. The van der Waals surface area contributed by atoms with Crippen LogP contribution in [0.5, 0.6) is 0 Å². The fraction of sp³-hybridized carbons (Fsp3) is 0.625. The second-order valence-electron chi connectivity index (χ2n) is 6.12. The first-order chi connectivity index (χ1) is 9.20. The van der Waals surface area contributed by atoms with E-state index in [0.717, 1.165) is 30.6 Å². The van der Waals surface area contributed by atoms with Crippen LogP contribution in [0.25, 0.3) is 0 Å². The summed E-state index contributed by atoms with van der Waals surface area (Å²) < 4.78 is 26.4. The normalized spacial score (nSPS) is 26.8. The van der Waals surface area contributed by atoms with Crippen LogP contribution in [0.3, 0.4) is 0 Å². The van der Waals surface area contributed by atoms with E-state index >= 15 is 0 Å². The van der Waals surface area contributed by atoms with Crippen LogP contribution in [-0.2, 0) is 6.42 Å². The summed E-state index contributed by atoms with van der Waals surface area (Å²) in [7, 11) is 0. The zero-order valence-electron chi connectivity index (χ0n) is 11.2. The van der Waals surface area contributed by atoms with Gasteiger partial charge >= 0.3 is 0 Å². The van der Waals surface area contributed by atoms with Gasteiger partial charge in [-0.05, 0) is 68.2 Å². The molecular formula is C16H21F2N. The molecule has 0 radical (unpaired) electrons.